The molecule has 3 aromatic rings. The van der Waals surface area contributed by atoms with Crippen molar-refractivity contribution in [3.63, 3.8) is 0 Å². The van der Waals surface area contributed by atoms with Crippen molar-refractivity contribution in [2.24, 2.45) is 0 Å². The number of carbonyl (C=O) groups is 1. The Kier molecular flexibility index (Phi) is 4.96. The summed E-state index contributed by atoms with van der Waals surface area (Å²) in [5.41, 5.74) is 4.04. The standard InChI is InChI=1S/C18H18N4OS/c1-12-8-9-15(13(2)10-12)19-16(23)11-24-18-20-17(21-22-18)14-6-4-3-5-7-14/h3-10H,11H2,1-2H3,(H,19,23)(H,20,21,22). The molecular weight excluding hydrogens is 320 g/mol. The molecule has 0 unspecified atom stereocenters. The Labute approximate surface area is 144 Å². The molecule has 122 valence electrons. The topological polar surface area (TPSA) is 70.7 Å². The van der Waals surface area contributed by atoms with E-state index in [0.717, 1.165) is 16.8 Å². The van der Waals surface area contributed by atoms with Gasteiger partial charge in [0.2, 0.25) is 11.1 Å². The lowest BCUT2D eigenvalue weighted by Gasteiger charge is -2.08. The first-order valence-corrected chi connectivity index (χ1v) is 8.58. The molecule has 0 aliphatic heterocycles. The molecule has 0 saturated heterocycles. The van der Waals surface area contributed by atoms with Crippen LogP contribution < -0.4 is 5.32 Å². The van der Waals surface area contributed by atoms with Gasteiger partial charge in [-0.1, -0.05) is 59.8 Å². The van der Waals surface area contributed by atoms with Crippen LogP contribution >= 0.6 is 11.8 Å². The largest absolute Gasteiger partial charge is 0.325 e. The number of thioether (sulfide) groups is 1. The van der Waals surface area contributed by atoms with Crippen molar-refractivity contribution in [1.29, 1.82) is 0 Å². The van der Waals surface area contributed by atoms with E-state index in [1.807, 2.05) is 62.4 Å². The number of benzene rings is 2. The van der Waals surface area contributed by atoms with Gasteiger partial charge < -0.3 is 5.32 Å². The lowest BCUT2D eigenvalue weighted by atomic mass is 10.1. The van der Waals surface area contributed by atoms with Crippen LogP contribution in [0.1, 0.15) is 11.1 Å². The van der Waals surface area contributed by atoms with Crippen molar-refractivity contribution in [3.05, 3.63) is 59.7 Å². The normalized spacial score (nSPS) is 10.6. The molecule has 1 aromatic heterocycles. The quantitative estimate of drug-likeness (QED) is 0.694. The zero-order valence-corrected chi connectivity index (χ0v) is 14.4. The summed E-state index contributed by atoms with van der Waals surface area (Å²) in [6.07, 6.45) is 0. The zero-order chi connectivity index (χ0) is 16.9. The molecule has 24 heavy (non-hydrogen) atoms. The minimum atomic E-state index is -0.0713. The molecule has 2 aromatic carbocycles. The monoisotopic (exact) mass is 338 g/mol. The number of aromatic nitrogens is 3. The number of hydrogen-bond donors (Lipinski definition) is 2. The average molecular weight is 338 g/mol. The molecular formula is C18H18N4OS. The number of H-pyrrole nitrogens is 1. The first kappa shape index (κ1) is 16.3. The molecule has 0 radical (unpaired) electrons. The summed E-state index contributed by atoms with van der Waals surface area (Å²) in [6, 6.07) is 15.7. The number of nitrogens with one attached hydrogen (secondary N) is 2. The number of aryl methyl sites for hydroxylation is 2. The Morgan fingerprint density at radius 2 is 1.96 bits per heavy atom. The third-order valence-corrected chi connectivity index (χ3v) is 4.35. The highest BCUT2D eigenvalue weighted by Crippen LogP contribution is 2.20. The van der Waals surface area contributed by atoms with Crippen LogP contribution in [0.5, 0.6) is 0 Å². The van der Waals surface area contributed by atoms with E-state index in [4.69, 9.17) is 0 Å². The van der Waals surface area contributed by atoms with Crippen LogP contribution in [0.3, 0.4) is 0 Å². The first-order valence-electron chi connectivity index (χ1n) is 7.59. The number of amides is 1. The number of anilines is 1. The molecule has 1 heterocycles. The number of rotatable bonds is 5. The van der Waals surface area contributed by atoms with E-state index in [1.54, 1.807) is 0 Å². The molecule has 6 heteroatoms. The van der Waals surface area contributed by atoms with Gasteiger partial charge in [-0.25, -0.2) is 4.98 Å². The Hall–Kier alpha value is -2.60. The molecule has 0 spiro atoms. The maximum absolute atomic E-state index is 12.1. The minimum Gasteiger partial charge on any atom is -0.325 e. The summed E-state index contributed by atoms with van der Waals surface area (Å²) in [7, 11) is 0. The second-order valence-electron chi connectivity index (χ2n) is 5.49. The van der Waals surface area contributed by atoms with Crippen LogP contribution in [-0.2, 0) is 4.79 Å². The summed E-state index contributed by atoms with van der Waals surface area (Å²) < 4.78 is 0. The van der Waals surface area contributed by atoms with E-state index in [1.165, 1.54) is 17.3 Å². The van der Waals surface area contributed by atoms with Crippen LogP contribution in [0.25, 0.3) is 11.4 Å². The van der Waals surface area contributed by atoms with E-state index < -0.39 is 0 Å². The second kappa shape index (κ2) is 7.31. The zero-order valence-electron chi connectivity index (χ0n) is 13.5. The summed E-state index contributed by atoms with van der Waals surface area (Å²) >= 11 is 1.31. The fraction of sp³-hybridized carbons (Fsp3) is 0.167. The molecule has 0 aliphatic rings. The third-order valence-electron chi connectivity index (χ3n) is 3.50. The highest BCUT2D eigenvalue weighted by Gasteiger charge is 2.10. The Morgan fingerprint density at radius 3 is 2.71 bits per heavy atom. The Bertz CT molecular complexity index is 845. The predicted molar refractivity (Wildman–Crippen MR) is 97.1 cm³/mol. The maximum Gasteiger partial charge on any atom is 0.234 e. The van der Waals surface area contributed by atoms with Crippen LogP contribution in [-0.4, -0.2) is 26.8 Å². The minimum absolute atomic E-state index is 0.0713. The summed E-state index contributed by atoms with van der Waals surface area (Å²) in [5.74, 6) is 0.894. The fourth-order valence-corrected chi connectivity index (χ4v) is 2.90. The molecule has 0 saturated carbocycles. The molecule has 5 nitrogen and oxygen atoms in total. The van der Waals surface area contributed by atoms with Gasteiger partial charge in [0.15, 0.2) is 5.82 Å². The predicted octanol–water partition coefficient (Wildman–Crippen LogP) is 3.82. The summed E-state index contributed by atoms with van der Waals surface area (Å²) in [4.78, 5) is 16.5. The summed E-state index contributed by atoms with van der Waals surface area (Å²) in [5, 5.41) is 10.5. The van der Waals surface area contributed by atoms with Gasteiger partial charge in [-0.15, -0.1) is 5.10 Å². The van der Waals surface area contributed by atoms with E-state index in [-0.39, 0.29) is 11.7 Å². The van der Waals surface area contributed by atoms with E-state index in [0.29, 0.717) is 11.0 Å². The second-order valence-corrected chi connectivity index (χ2v) is 6.43. The molecule has 0 fully saturated rings. The summed E-state index contributed by atoms with van der Waals surface area (Å²) in [6.45, 7) is 4.01. The third kappa shape index (κ3) is 4.02. The lowest BCUT2D eigenvalue weighted by Crippen LogP contribution is -2.15. The van der Waals surface area contributed by atoms with Crippen LogP contribution in [0, 0.1) is 13.8 Å². The SMILES string of the molecule is Cc1ccc(NC(=O)CSc2n[nH]c(-c3ccccc3)n2)c(C)c1. The van der Waals surface area contributed by atoms with Crippen LogP contribution in [0.4, 0.5) is 5.69 Å². The highest BCUT2D eigenvalue weighted by atomic mass is 32.2. The van der Waals surface area contributed by atoms with E-state index >= 15 is 0 Å². The molecule has 0 bridgehead atoms. The van der Waals surface area contributed by atoms with Gasteiger partial charge in [-0.3, -0.25) is 9.89 Å². The molecule has 2 N–H and O–H groups in total. The first-order chi connectivity index (χ1) is 11.6. The molecule has 1 amide bonds. The Balaban J connectivity index is 1.58. The fourth-order valence-electron chi connectivity index (χ4n) is 2.31. The van der Waals surface area contributed by atoms with Gasteiger partial charge in [-0.2, -0.15) is 0 Å². The highest BCUT2D eigenvalue weighted by molar-refractivity contribution is 7.99. The van der Waals surface area contributed by atoms with Gasteiger partial charge in [-0.05, 0) is 25.5 Å². The number of nitrogens with zero attached hydrogens (tertiary/aromatic N) is 2. The van der Waals surface area contributed by atoms with E-state index in [2.05, 4.69) is 20.5 Å². The van der Waals surface area contributed by atoms with Crippen LogP contribution in [0.15, 0.2) is 53.7 Å². The van der Waals surface area contributed by atoms with Crippen molar-refractivity contribution in [1.82, 2.24) is 15.2 Å². The van der Waals surface area contributed by atoms with Gasteiger partial charge in [0.1, 0.15) is 0 Å². The van der Waals surface area contributed by atoms with Crippen molar-refractivity contribution >= 4 is 23.4 Å². The average Bonchev–Trinajstić information content (AvgIpc) is 3.05. The molecule has 0 atom stereocenters. The number of carbonyl (C=O) groups excluding carboxylic acids is 1. The van der Waals surface area contributed by atoms with Gasteiger partial charge in [0, 0.05) is 11.3 Å². The Morgan fingerprint density at radius 1 is 1.17 bits per heavy atom. The van der Waals surface area contributed by atoms with Crippen molar-refractivity contribution in [3.8, 4) is 11.4 Å². The number of hydrogen-bond acceptors (Lipinski definition) is 4. The van der Waals surface area contributed by atoms with Crippen molar-refractivity contribution in [2.45, 2.75) is 19.0 Å². The van der Waals surface area contributed by atoms with Crippen LogP contribution in [0.2, 0.25) is 0 Å². The van der Waals surface area contributed by atoms with Gasteiger partial charge in [0.25, 0.3) is 0 Å². The lowest BCUT2D eigenvalue weighted by molar-refractivity contribution is -0.113. The molecule has 3 rings (SSSR count). The van der Waals surface area contributed by atoms with Gasteiger partial charge in [0.05, 0.1) is 5.75 Å². The van der Waals surface area contributed by atoms with Crippen molar-refractivity contribution < 1.29 is 4.79 Å². The molecule has 0 aliphatic carbocycles. The number of aromatic amines is 1. The van der Waals surface area contributed by atoms with Crippen molar-refractivity contribution in [2.75, 3.05) is 11.1 Å². The van der Waals surface area contributed by atoms with Gasteiger partial charge >= 0.3 is 0 Å². The van der Waals surface area contributed by atoms with E-state index in [9.17, 15) is 4.79 Å². The maximum atomic E-state index is 12.1. The smallest absolute Gasteiger partial charge is 0.234 e.